The number of hydrogen-bond donors (Lipinski definition) is 2. The highest BCUT2D eigenvalue weighted by Crippen LogP contribution is 2.18. The Hall–Kier alpha value is -2.22. The Morgan fingerprint density at radius 3 is 2.93 bits per heavy atom. The number of carbonyl (C=O) groups excluding carboxylic acids is 1. The average Bonchev–Trinajstić information content (AvgIpc) is 2.19. The Bertz CT molecular complexity index is 396. The van der Waals surface area contributed by atoms with Crippen molar-refractivity contribution in [3.05, 3.63) is 23.8 Å². The van der Waals surface area contributed by atoms with Gasteiger partial charge in [0.2, 0.25) is 0 Å². The molecule has 3 N–H and O–H groups in total. The first-order chi connectivity index (χ1) is 6.69. The second-order valence-corrected chi connectivity index (χ2v) is 2.52. The standard InChI is InChI=1S/C9H9N3O2/c1-14-6-2-3-8(11)7(4-6)9(13)12-5-10/h2-4H,11H2,1H3,(H,12,13). The van der Waals surface area contributed by atoms with Gasteiger partial charge < -0.3 is 10.5 Å². The van der Waals surface area contributed by atoms with E-state index in [4.69, 9.17) is 15.7 Å². The van der Waals surface area contributed by atoms with Crippen LogP contribution >= 0.6 is 0 Å². The molecular formula is C9H9N3O2. The zero-order chi connectivity index (χ0) is 10.6. The van der Waals surface area contributed by atoms with Crippen LogP contribution in [0.1, 0.15) is 10.4 Å². The Kier molecular flexibility index (Phi) is 2.92. The maximum Gasteiger partial charge on any atom is 0.266 e. The van der Waals surface area contributed by atoms with E-state index in [1.807, 2.05) is 5.32 Å². The lowest BCUT2D eigenvalue weighted by atomic mass is 10.1. The van der Waals surface area contributed by atoms with E-state index in [1.165, 1.54) is 19.4 Å². The summed E-state index contributed by atoms with van der Waals surface area (Å²) in [5.74, 6) is -0.0220. The average molecular weight is 191 g/mol. The van der Waals surface area contributed by atoms with Crippen LogP contribution in [-0.2, 0) is 0 Å². The van der Waals surface area contributed by atoms with Gasteiger partial charge in [-0.3, -0.25) is 10.1 Å². The fourth-order valence-electron chi connectivity index (χ4n) is 0.977. The largest absolute Gasteiger partial charge is 0.497 e. The zero-order valence-corrected chi connectivity index (χ0v) is 7.57. The Balaban J connectivity index is 3.07. The number of nitrogens with two attached hydrogens (primary N) is 1. The number of amides is 1. The smallest absolute Gasteiger partial charge is 0.266 e. The van der Waals surface area contributed by atoms with Gasteiger partial charge in [0.05, 0.1) is 12.7 Å². The van der Waals surface area contributed by atoms with E-state index in [2.05, 4.69) is 0 Å². The summed E-state index contributed by atoms with van der Waals surface area (Å²) in [5.41, 5.74) is 6.08. The lowest BCUT2D eigenvalue weighted by molar-refractivity contribution is 0.0973. The van der Waals surface area contributed by atoms with Crippen molar-refractivity contribution in [1.82, 2.24) is 5.32 Å². The maximum atomic E-state index is 11.3. The molecule has 0 unspecified atom stereocenters. The van der Waals surface area contributed by atoms with Gasteiger partial charge in [-0.25, -0.2) is 0 Å². The molecule has 14 heavy (non-hydrogen) atoms. The third-order valence-corrected chi connectivity index (χ3v) is 1.67. The first-order valence-corrected chi connectivity index (χ1v) is 3.82. The predicted octanol–water partition coefficient (Wildman–Crippen LogP) is 0.488. The van der Waals surface area contributed by atoms with E-state index >= 15 is 0 Å². The molecule has 0 bridgehead atoms. The van der Waals surface area contributed by atoms with Crippen molar-refractivity contribution in [3.8, 4) is 11.9 Å². The number of methoxy groups -OCH3 is 1. The number of benzene rings is 1. The fraction of sp³-hybridized carbons (Fsp3) is 0.111. The van der Waals surface area contributed by atoms with Crippen LogP contribution in [0.2, 0.25) is 0 Å². The molecule has 0 aliphatic heterocycles. The van der Waals surface area contributed by atoms with Gasteiger partial charge in [0.1, 0.15) is 5.75 Å². The van der Waals surface area contributed by atoms with Crippen LogP contribution in [-0.4, -0.2) is 13.0 Å². The topological polar surface area (TPSA) is 88.1 Å². The van der Waals surface area contributed by atoms with Gasteiger partial charge in [-0.2, -0.15) is 5.26 Å². The Labute approximate surface area is 81.1 Å². The summed E-state index contributed by atoms with van der Waals surface area (Å²) in [6.45, 7) is 0. The number of ether oxygens (including phenoxy) is 1. The van der Waals surface area contributed by atoms with Crippen LogP contribution < -0.4 is 15.8 Å². The molecule has 0 aliphatic carbocycles. The van der Waals surface area contributed by atoms with Crippen LogP contribution in [0.5, 0.6) is 5.75 Å². The molecule has 0 aliphatic rings. The van der Waals surface area contributed by atoms with Crippen LogP contribution in [0.4, 0.5) is 5.69 Å². The van der Waals surface area contributed by atoms with E-state index in [0.29, 0.717) is 11.4 Å². The number of rotatable bonds is 2. The molecule has 0 saturated carbocycles. The van der Waals surface area contributed by atoms with Crippen molar-refractivity contribution >= 4 is 11.6 Å². The molecule has 1 amide bonds. The number of hydrogen-bond acceptors (Lipinski definition) is 4. The molecule has 5 nitrogen and oxygen atoms in total. The van der Waals surface area contributed by atoms with Crippen molar-refractivity contribution in [2.24, 2.45) is 0 Å². The third kappa shape index (κ3) is 1.93. The van der Waals surface area contributed by atoms with E-state index in [1.54, 1.807) is 12.1 Å². The summed E-state index contributed by atoms with van der Waals surface area (Å²) in [5, 5.41) is 10.2. The summed E-state index contributed by atoms with van der Waals surface area (Å²) >= 11 is 0. The maximum absolute atomic E-state index is 11.3. The monoisotopic (exact) mass is 191 g/mol. The van der Waals surface area contributed by atoms with Gasteiger partial charge in [-0.1, -0.05) is 0 Å². The number of nitrogen functional groups attached to an aromatic ring is 1. The zero-order valence-electron chi connectivity index (χ0n) is 7.57. The molecule has 0 heterocycles. The van der Waals surface area contributed by atoms with Crippen molar-refractivity contribution < 1.29 is 9.53 Å². The van der Waals surface area contributed by atoms with E-state index in [9.17, 15) is 4.79 Å². The van der Waals surface area contributed by atoms with Crippen molar-refractivity contribution in [1.29, 1.82) is 5.26 Å². The number of anilines is 1. The minimum atomic E-state index is -0.538. The van der Waals surface area contributed by atoms with Crippen LogP contribution in [0, 0.1) is 11.5 Å². The van der Waals surface area contributed by atoms with E-state index in [0.717, 1.165) is 0 Å². The van der Waals surface area contributed by atoms with Crippen molar-refractivity contribution in [2.45, 2.75) is 0 Å². The highest BCUT2D eigenvalue weighted by Gasteiger charge is 2.09. The molecule has 5 heteroatoms. The van der Waals surface area contributed by atoms with Crippen LogP contribution in [0.25, 0.3) is 0 Å². The molecule has 72 valence electrons. The fourth-order valence-corrected chi connectivity index (χ4v) is 0.977. The molecule has 1 rings (SSSR count). The first-order valence-electron chi connectivity index (χ1n) is 3.82. The predicted molar refractivity (Wildman–Crippen MR) is 50.5 cm³/mol. The quantitative estimate of drug-likeness (QED) is 0.404. The van der Waals surface area contributed by atoms with Gasteiger partial charge in [-0.05, 0) is 18.2 Å². The van der Waals surface area contributed by atoms with Gasteiger partial charge in [0, 0.05) is 5.69 Å². The van der Waals surface area contributed by atoms with E-state index in [-0.39, 0.29) is 5.56 Å². The number of nitrogens with one attached hydrogen (secondary N) is 1. The summed E-state index contributed by atoms with van der Waals surface area (Å²) in [6.07, 6.45) is 1.53. The molecular weight excluding hydrogens is 182 g/mol. The second kappa shape index (κ2) is 4.14. The van der Waals surface area contributed by atoms with Crippen molar-refractivity contribution in [3.63, 3.8) is 0 Å². The minimum Gasteiger partial charge on any atom is -0.497 e. The molecule has 0 radical (unpaired) electrons. The molecule has 0 fully saturated rings. The summed E-state index contributed by atoms with van der Waals surface area (Å²) in [4.78, 5) is 11.3. The van der Waals surface area contributed by atoms with Crippen molar-refractivity contribution in [2.75, 3.05) is 12.8 Å². The number of nitriles is 1. The minimum absolute atomic E-state index is 0.228. The van der Waals surface area contributed by atoms with Crippen LogP contribution in [0.15, 0.2) is 18.2 Å². The summed E-state index contributed by atoms with van der Waals surface area (Å²) in [7, 11) is 1.48. The number of nitrogens with zero attached hydrogens (tertiary/aromatic N) is 1. The molecule has 0 spiro atoms. The van der Waals surface area contributed by atoms with Gasteiger partial charge in [0.15, 0.2) is 6.19 Å². The van der Waals surface area contributed by atoms with Crippen LogP contribution in [0.3, 0.4) is 0 Å². The molecule has 0 saturated heterocycles. The lowest BCUT2D eigenvalue weighted by Crippen LogP contribution is -2.18. The van der Waals surface area contributed by atoms with Gasteiger partial charge >= 0.3 is 0 Å². The van der Waals surface area contributed by atoms with E-state index < -0.39 is 5.91 Å². The Morgan fingerprint density at radius 2 is 2.36 bits per heavy atom. The Morgan fingerprint density at radius 1 is 1.64 bits per heavy atom. The summed E-state index contributed by atoms with van der Waals surface area (Å²) in [6, 6.07) is 4.66. The molecule has 0 aromatic heterocycles. The summed E-state index contributed by atoms with van der Waals surface area (Å²) < 4.78 is 4.92. The SMILES string of the molecule is COc1ccc(N)c(C(=O)NC#N)c1. The highest BCUT2D eigenvalue weighted by molar-refractivity contribution is 6.00. The second-order valence-electron chi connectivity index (χ2n) is 2.52. The highest BCUT2D eigenvalue weighted by atomic mass is 16.5. The number of carbonyl (C=O) groups is 1. The molecule has 1 aromatic rings. The lowest BCUT2D eigenvalue weighted by Gasteiger charge is -2.05. The van der Waals surface area contributed by atoms with Gasteiger partial charge in [0.25, 0.3) is 5.91 Å². The first kappa shape index (κ1) is 9.86. The third-order valence-electron chi connectivity index (χ3n) is 1.67. The molecule has 1 aromatic carbocycles. The normalized spacial score (nSPS) is 8.86. The molecule has 0 atom stereocenters. The van der Waals surface area contributed by atoms with Gasteiger partial charge in [-0.15, -0.1) is 0 Å².